The summed E-state index contributed by atoms with van der Waals surface area (Å²) in [4.78, 5) is 9.42. The summed E-state index contributed by atoms with van der Waals surface area (Å²) in [7, 11) is 2.92. The van der Waals surface area contributed by atoms with E-state index in [0.717, 1.165) is 5.56 Å². The Kier molecular flexibility index (Phi) is 4.32. The largest absolute Gasteiger partial charge is 0.508 e. The number of aromatic hydroxyl groups is 1. The van der Waals surface area contributed by atoms with Gasteiger partial charge in [-0.2, -0.15) is 0 Å². The zero-order valence-corrected chi connectivity index (χ0v) is 9.47. The minimum Gasteiger partial charge on any atom is -0.508 e. The third-order valence-electron chi connectivity index (χ3n) is 1.89. The molecule has 0 aliphatic rings. The number of hydrogen-bond acceptors (Lipinski definition) is 5. The average Bonchev–Trinajstić information content (AvgIpc) is 2.28. The van der Waals surface area contributed by atoms with E-state index in [2.05, 4.69) is 15.1 Å². The zero-order chi connectivity index (χ0) is 12.0. The van der Waals surface area contributed by atoms with E-state index < -0.39 is 0 Å². The highest BCUT2D eigenvalue weighted by Crippen LogP contribution is 2.11. The van der Waals surface area contributed by atoms with Crippen molar-refractivity contribution in [1.29, 1.82) is 0 Å². The highest BCUT2D eigenvalue weighted by molar-refractivity contribution is 6.47. The van der Waals surface area contributed by atoms with Gasteiger partial charge in [-0.15, -0.1) is 0 Å². The van der Waals surface area contributed by atoms with E-state index in [0.29, 0.717) is 11.4 Å². The average molecular weight is 222 g/mol. The van der Waals surface area contributed by atoms with E-state index in [4.69, 9.17) is 4.84 Å². The van der Waals surface area contributed by atoms with Gasteiger partial charge in [0.25, 0.3) is 0 Å². The van der Waals surface area contributed by atoms with E-state index in [1.165, 1.54) is 14.2 Å². The fourth-order valence-electron chi connectivity index (χ4n) is 1.22. The van der Waals surface area contributed by atoms with E-state index in [1.54, 1.807) is 31.2 Å². The lowest BCUT2D eigenvalue weighted by atomic mass is 10.1. The van der Waals surface area contributed by atoms with Crippen molar-refractivity contribution in [2.24, 2.45) is 10.3 Å². The van der Waals surface area contributed by atoms with Crippen molar-refractivity contribution in [3.63, 3.8) is 0 Å². The first kappa shape index (κ1) is 12.0. The Hall–Kier alpha value is -2.04. The lowest BCUT2D eigenvalue weighted by Gasteiger charge is -2.04. The predicted molar refractivity (Wildman–Crippen MR) is 61.8 cm³/mol. The Labute approximate surface area is 94.0 Å². The second-order valence-corrected chi connectivity index (χ2v) is 3.03. The molecule has 0 aliphatic carbocycles. The van der Waals surface area contributed by atoms with Crippen LogP contribution >= 0.6 is 0 Å². The highest BCUT2D eigenvalue weighted by Gasteiger charge is 2.09. The molecule has 0 amide bonds. The zero-order valence-electron chi connectivity index (χ0n) is 9.47. The van der Waals surface area contributed by atoms with Crippen molar-refractivity contribution in [2.45, 2.75) is 6.92 Å². The van der Waals surface area contributed by atoms with Crippen LogP contribution in [0.2, 0.25) is 0 Å². The van der Waals surface area contributed by atoms with Crippen molar-refractivity contribution in [2.75, 3.05) is 14.2 Å². The van der Waals surface area contributed by atoms with Gasteiger partial charge in [-0.3, -0.25) is 0 Å². The number of hydrogen-bond donors (Lipinski definition) is 1. The number of benzene rings is 1. The third kappa shape index (κ3) is 2.98. The third-order valence-corrected chi connectivity index (χ3v) is 1.89. The maximum absolute atomic E-state index is 9.18. The topological polar surface area (TPSA) is 63.4 Å². The molecule has 1 aromatic carbocycles. The van der Waals surface area contributed by atoms with Crippen LogP contribution in [-0.4, -0.2) is 30.7 Å². The second kappa shape index (κ2) is 5.75. The number of oxime groups is 2. The standard InChI is InChI=1S/C11H14N2O3/c1-8(12-15-2)11(13-16-3)9-4-6-10(14)7-5-9/h4-7,14H,1-3H3. The fraction of sp³-hybridized carbons (Fsp3) is 0.273. The van der Waals surface area contributed by atoms with Crippen LogP contribution in [0.25, 0.3) is 0 Å². The minimum atomic E-state index is 0.196. The predicted octanol–water partition coefficient (Wildman–Crippen LogP) is 1.77. The summed E-state index contributed by atoms with van der Waals surface area (Å²) in [5.41, 5.74) is 1.94. The maximum atomic E-state index is 9.18. The summed E-state index contributed by atoms with van der Waals surface area (Å²) >= 11 is 0. The summed E-state index contributed by atoms with van der Waals surface area (Å²) in [5, 5.41) is 16.8. The fourth-order valence-corrected chi connectivity index (χ4v) is 1.22. The lowest BCUT2D eigenvalue weighted by molar-refractivity contribution is 0.210. The van der Waals surface area contributed by atoms with E-state index in [9.17, 15) is 5.11 Å². The molecule has 0 spiro atoms. The summed E-state index contributed by atoms with van der Waals surface area (Å²) in [6, 6.07) is 6.59. The molecule has 0 saturated heterocycles. The van der Waals surface area contributed by atoms with Gasteiger partial charge in [0, 0.05) is 5.56 Å². The van der Waals surface area contributed by atoms with Gasteiger partial charge in [0.05, 0.1) is 0 Å². The lowest BCUT2D eigenvalue weighted by Crippen LogP contribution is -2.13. The van der Waals surface area contributed by atoms with E-state index in [-0.39, 0.29) is 5.75 Å². The molecule has 0 aromatic heterocycles. The van der Waals surface area contributed by atoms with Crippen LogP contribution < -0.4 is 0 Å². The molecular weight excluding hydrogens is 208 g/mol. The molecule has 0 bridgehead atoms. The Morgan fingerprint density at radius 1 is 1.06 bits per heavy atom. The van der Waals surface area contributed by atoms with Gasteiger partial charge >= 0.3 is 0 Å². The number of nitrogens with zero attached hydrogens (tertiary/aromatic N) is 2. The van der Waals surface area contributed by atoms with Crippen molar-refractivity contribution >= 4 is 11.4 Å². The molecule has 0 unspecified atom stereocenters. The van der Waals surface area contributed by atoms with Gasteiger partial charge in [-0.25, -0.2) is 0 Å². The first-order valence-corrected chi connectivity index (χ1v) is 4.67. The molecule has 0 atom stereocenters. The quantitative estimate of drug-likeness (QED) is 0.623. The van der Waals surface area contributed by atoms with Crippen LogP contribution in [0.4, 0.5) is 0 Å². The summed E-state index contributed by atoms with van der Waals surface area (Å²) in [6.45, 7) is 1.76. The van der Waals surface area contributed by atoms with Crippen molar-refractivity contribution in [3.05, 3.63) is 29.8 Å². The Morgan fingerprint density at radius 3 is 2.12 bits per heavy atom. The molecule has 0 saturated carbocycles. The van der Waals surface area contributed by atoms with Crippen LogP contribution in [0.5, 0.6) is 5.75 Å². The van der Waals surface area contributed by atoms with Gasteiger partial charge in [0.1, 0.15) is 31.4 Å². The molecule has 1 N–H and O–H groups in total. The molecule has 0 fully saturated rings. The summed E-state index contributed by atoms with van der Waals surface area (Å²) in [6.07, 6.45) is 0. The van der Waals surface area contributed by atoms with Crippen molar-refractivity contribution in [1.82, 2.24) is 0 Å². The molecule has 1 aromatic rings. The molecule has 0 radical (unpaired) electrons. The van der Waals surface area contributed by atoms with Crippen molar-refractivity contribution < 1.29 is 14.8 Å². The Balaban J connectivity index is 3.08. The number of phenolic OH excluding ortho intramolecular Hbond substituents is 1. The van der Waals surface area contributed by atoms with Gasteiger partial charge < -0.3 is 14.8 Å². The molecule has 0 heterocycles. The number of rotatable bonds is 4. The van der Waals surface area contributed by atoms with Crippen LogP contribution in [-0.2, 0) is 9.68 Å². The first-order valence-electron chi connectivity index (χ1n) is 4.67. The number of phenols is 1. The molecule has 5 heteroatoms. The molecule has 5 nitrogen and oxygen atoms in total. The van der Waals surface area contributed by atoms with Gasteiger partial charge in [-0.05, 0) is 31.2 Å². The molecule has 16 heavy (non-hydrogen) atoms. The van der Waals surface area contributed by atoms with Gasteiger partial charge in [0.2, 0.25) is 0 Å². The normalized spacial score (nSPS) is 12.4. The Bertz CT molecular complexity index is 396. The molecule has 0 aliphatic heterocycles. The van der Waals surface area contributed by atoms with Crippen LogP contribution in [0, 0.1) is 0 Å². The van der Waals surface area contributed by atoms with E-state index >= 15 is 0 Å². The molecular formula is C11H14N2O3. The second-order valence-electron chi connectivity index (χ2n) is 3.03. The van der Waals surface area contributed by atoms with Gasteiger partial charge in [-0.1, -0.05) is 10.3 Å². The summed E-state index contributed by atoms with van der Waals surface area (Å²) < 4.78 is 0. The molecule has 1 rings (SSSR count). The van der Waals surface area contributed by atoms with Crippen LogP contribution in [0.3, 0.4) is 0 Å². The van der Waals surface area contributed by atoms with Crippen molar-refractivity contribution in [3.8, 4) is 5.75 Å². The van der Waals surface area contributed by atoms with E-state index in [1.807, 2.05) is 0 Å². The van der Waals surface area contributed by atoms with Gasteiger partial charge in [0.15, 0.2) is 0 Å². The summed E-state index contributed by atoms with van der Waals surface area (Å²) in [5.74, 6) is 0.196. The SMILES string of the molecule is CON=C(C)C(=NOC)c1ccc(O)cc1. The Morgan fingerprint density at radius 2 is 1.62 bits per heavy atom. The monoisotopic (exact) mass is 222 g/mol. The maximum Gasteiger partial charge on any atom is 0.134 e. The first-order chi connectivity index (χ1) is 7.69. The van der Waals surface area contributed by atoms with Crippen LogP contribution in [0.15, 0.2) is 34.6 Å². The smallest absolute Gasteiger partial charge is 0.134 e. The highest BCUT2D eigenvalue weighted by atomic mass is 16.6. The molecule has 86 valence electrons. The minimum absolute atomic E-state index is 0.196. The van der Waals surface area contributed by atoms with Crippen LogP contribution in [0.1, 0.15) is 12.5 Å².